The van der Waals surface area contributed by atoms with Crippen LogP contribution in [-0.2, 0) is 19.2 Å². The van der Waals surface area contributed by atoms with Crippen molar-refractivity contribution in [2.45, 2.75) is 12.0 Å². The van der Waals surface area contributed by atoms with Crippen LogP contribution in [0.2, 0.25) is 0 Å². The molecule has 1 aliphatic rings. The molecule has 0 radical (unpaired) electrons. The second kappa shape index (κ2) is 6.25. The van der Waals surface area contributed by atoms with Gasteiger partial charge in [0.2, 0.25) is 11.8 Å². The van der Waals surface area contributed by atoms with Gasteiger partial charge in [0.1, 0.15) is 12.6 Å². The van der Waals surface area contributed by atoms with Crippen LogP contribution in [0.3, 0.4) is 0 Å². The van der Waals surface area contributed by atoms with Gasteiger partial charge < -0.3 is 20.4 Å². The molecule has 1 aromatic rings. The fourth-order valence-electron chi connectivity index (χ4n) is 2.22. The zero-order valence-electron chi connectivity index (χ0n) is 11.4. The molecule has 0 saturated carbocycles. The number of carboxylic acid groups (broad SMARTS) is 2. The number of β-lactam (4-membered cyclic amide) rings is 1. The van der Waals surface area contributed by atoms with E-state index in [1.807, 2.05) is 0 Å². The fourth-order valence-corrected chi connectivity index (χ4v) is 2.22. The van der Waals surface area contributed by atoms with Crippen LogP contribution in [0.4, 0.5) is 0 Å². The molecule has 2 atom stereocenters. The van der Waals surface area contributed by atoms with Crippen molar-refractivity contribution in [1.82, 2.24) is 10.2 Å². The molecule has 0 spiro atoms. The van der Waals surface area contributed by atoms with E-state index in [1.165, 1.54) is 12.1 Å². The number of hydrogen-bond acceptors (Lipinski definition) is 4. The predicted octanol–water partition coefficient (Wildman–Crippen LogP) is -0.734. The van der Waals surface area contributed by atoms with E-state index in [1.54, 1.807) is 18.2 Å². The minimum absolute atomic E-state index is 0.0536. The average molecular weight is 306 g/mol. The van der Waals surface area contributed by atoms with Gasteiger partial charge >= 0.3 is 11.9 Å². The monoisotopic (exact) mass is 306 g/mol. The minimum atomic E-state index is -1.41. The van der Waals surface area contributed by atoms with Gasteiger partial charge in [0.25, 0.3) is 0 Å². The van der Waals surface area contributed by atoms with E-state index < -0.39 is 42.3 Å². The summed E-state index contributed by atoms with van der Waals surface area (Å²) < 4.78 is 0. The van der Waals surface area contributed by atoms with Crippen molar-refractivity contribution in [3.05, 3.63) is 35.9 Å². The number of carboxylic acids is 2. The molecular weight excluding hydrogens is 292 g/mol. The van der Waals surface area contributed by atoms with Gasteiger partial charge in [-0.05, 0) is 5.56 Å². The zero-order valence-corrected chi connectivity index (χ0v) is 11.4. The maximum absolute atomic E-state index is 12.1. The summed E-state index contributed by atoms with van der Waals surface area (Å²) in [6, 6.07) is 7.07. The lowest BCUT2D eigenvalue weighted by Gasteiger charge is -2.37. The Labute approximate surface area is 125 Å². The Morgan fingerprint density at radius 2 is 1.86 bits per heavy atom. The van der Waals surface area contributed by atoms with Gasteiger partial charge in [0.15, 0.2) is 5.92 Å². The highest BCUT2D eigenvalue weighted by Gasteiger charge is 2.40. The molecule has 2 amide bonds. The quantitative estimate of drug-likeness (QED) is 0.470. The smallest absolute Gasteiger partial charge is 0.323 e. The third kappa shape index (κ3) is 3.22. The van der Waals surface area contributed by atoms with Crippen molar-refractivity contribution < 1.29 is 29.4 Å². The minimum Gasteiger partial charge on any atom is -0.480 e. The molecule has 1 saturated heterocycles. The molecule has 0 bridgehead atoms. The van der Waals surface area contributed by atoms with Crippen LogP contribution in [-0.4, -0.2) is 58.0 Å². The van der Waals surface area contributed by atoms with Crippen molar-refractivity contribution in [1.29, 1.82) is 0 Å². The number of carbonyl (C=O) groups is 4. The number of nitrogens with zero attached hydrogens (tertiary/aromatic N) is 1. The van der Waals surface area contributed by atoms with E-state index in [0.717, 1.165) is 4.90 Å². The number of carbonyl (C=O) groups excluding carboxylic acids is 2. The lowest BCUT2D eigenvalue weighted by molar-refractivity contribution is -0.154. The van der Waals surface area contributed by atoms with Gasteiger partial charge in [0.05, 0.1) is 6.54 Å². The molecule has 2 rings (SSSR count). The Hall–Kier alpha value is -2.90. The first kappa shape index (κ1) is 15.5. The van der Waals surface area contributed by atoms with Crippen LogP contribution in [0, 0.1) is 0 Å². The fraction of sp³-hybridized carbons (Fsp3) is 0.286. The van der Waals surface area contributed by atoms with Crippen LogP contribution in [0.5, 0.6) is 0 Å². The number of aliphatic carboxylic acids is 2. The first-order chi connectivity index (χ1) is 10.4. The Morgan fingerprint density at radius 3 is 2.36 bits per heavy atom. The third-order valence-corrected chi connectivity index (χ3v) is 3.30. The number of rotatable bonds is 6. The topological polar surface area (TPSA) is 124 Å². The summed E-state index contributed by atoms with van der Waals surface area (Å²) in [7, 11) is 0. The van der Waals surface area contributed by atoms with E-state index in [4.69, 9.17) is 5.11 Å². The summed E-state index contributed by atoms with van der Waals surface area (Å²) in [6.45, 7) is -0.385. The summed E-state index contributed by atoms with van der Waals surface area (Å²) in [4.78, 5) is 46.6. The molecule has 0 aromatic heterocycles. The summed E-state index contributed by atoms with van der Waals surface area (Å²) in [5, 5.41) is 20.1. The number of amides is 2. The number of likely N-dealkylation sites (tertiary alicyclic amines) is 1. The molecule has 2 unspecified atom stereocenters. The molecule has 8 heteroatoms. The maximum Gasteiger partial charge on any atom is 0.323 e. The lowest BCUT2D eigenvalue weighted by Crippen LogP contribution is -2.65. The SMILES string of the molecule is O=C(O)CN1CC(NC(=O)C(C(=O)O)c2ccccc2)C1=O. The Balaban J connectivity index is 2.01. The van der Waals surface area contributed by atoms with Crippen molar-refractivity contribution in [3.63, 3.8) is 0 Å². The van der Waals surface area contributed by atoms with E-state index in [9.17, 15) is 24.3 Å². The first-order valence-corrected chi connectivity index (χ1v) is 6.49. The highest BCUT2D eigenvalue weighted by atomic mass is 16.4. The average Bonchev–Trinajstić information content (AvgIpc) is 2.46. The highest BCUT2D eigenvalue weighted by Crippen LogP contribution is 2.18. The Kier molecular flexibility index (Phi) is 4.40. The third-order valence-electron chi connectivity index (χ3n) is 3.30. The molecule has 8 nitrogen and oxygen atoms in total. The molecule has 3 N–H and O–H groups in total. The Morgan fingerprint density at radius 1 is 1.23 bits per heavy atom. The summed E-state index contributed by atoms with van der Waals surface area (Å²) in [5.74, 6) is -5.22. The van der Waals surface area contributed by atoms with Gasteiger partial charge in [-0.15, -0.1) is 0 Å². The van der Waals surface area contributed by atoms with Crippen molar-refractivity contribution in [3.8, 4) is 0 Å². The second-order valence-electron chi connectivity index (χ2n) is 4.86. The largest absolute Gasteiger partial charge is 0.480 e. The maximum atomic E-state index is 12.1. The van der Waals surface area contributed by atoms with E-state index in [-0.39, 0.29) is 6.54 Å². The van der Waals surface area contributed by atoms with Gasteiger partial charge in [-0.3, -0.25) is 19.2 Å². The van der Waals surface area contributed by atoms with Crippen molar-refractivity contribution in [2.75, 3.05) is 13.1 Å². The van der Waals surface area contributed by atoms with Gasteiger partial charge in [-0.2, -0.15) is 0 Å². The van der Waals surface area contributed by atoms with E-state index >= 15 is 0 Å². The molecule has 116 valence electrons. The van der Waals surface area contributed by atoms with Crippen LogP contribution < -0.4 is 5.32 Å². The summed E-state index contributed by atoms with van der Waals surface area (Å²) >= 11 is 0. The standard InChI is InChI=1S/C14H14N2O6/c17-10(18)7-16-6-9(13(16)20)15-12(19)11(14(21)22)8-4-2-1-3-5-8/h1-5,9,11H,6-7H2,(H,15,19)(H,17,18)(H,21,22). The van der Waals surface area contributed by atoms with Gasteiger partial charge in [-0.25, -0.2) is 0 Å². The number of benzene rings is 1. The second-order valence-corrected chi connectivity index (χ2v) is 4.86. The number of nitrogens with one attached hydrogen (secondary N) is 1. The van der Waals surface area contributed by atoms with Crippen LogP contribution in [0.25, 0.3) is 0 Å². The molecular formula is C14H14N2O6. The summed E-state index contributed by atoms with van der Waals surface area (Å²) in [6.07, 6.45) is 0. The van der Waals surface area contributed by atoms with Crippen molar-refractivity contribution >= 4 is 23.8 Å². The molecule has 1 fully saturated rings. The Bertz CT molecular complexity index is 615. The highest BCUT2D eigenvalue weighted by molar-refractivity contribution is 6.05. The lowest BCUT2D eigenvalue weighted by atomic mass is 9.97. The number of hydrogen-bond donors (Lipinski definition) is 3. The van der Waals surface area contributed by atoms with Gasteiger partial charge in [-0.1, -0.05) is 30.3 Å². The summed E-state index contributed by atoms with van der Waals surface area (Å²) in [5.41, 5.74) is 0.307. The molecule has 1 aromatic carbocycles. The molecule has 22 heavy (non-hydrogen) atoms. The van der Waals surface area contributed by atoms with Crippen molar-refractivity contribution in [2.24, 2.45) is 0 Å². The van der Waals surface area contributed by atoms with E-state index in [2.05, 4.69) is 5.32 Å². The zero-order chi connectivity index (χ0) is 16.3. The molecule has 0 aliphatic carbocycles. The predicted molar refractivity (Wildman–Crippen MR) is 73.0 cm³/mol. The van der Waals surface area contributed by atoms with Crippen LogP contribution in [0.15, 0.2) is 30.3 Å². The molecule has 1 aliphatic heterocycles. The first-order valence-electron chi connectivity index (χ1n) is 6.49. The van der Waals surface area contributed by atoms with E-state index in [0.29, 0.717) is 5.56 Å². The van der Waals surface area contributed by atoms with Crippen LogP contribution >= 0.6 is 0 Å². The van der Waals surface area contributed by atoms with Crippen LogP contribution in [0.1, 0.15) is 11.5 Å². The molecule has 1 heterocycles. The normalized spacial score (nSPS) is 18.3. The van der Waals surface area contributed by atoms with Gasteiger partial charge in [0, 0.05) is 0 Å².